The highest BCUT2D eigenvalue weighted by atomic mass is 28.4. The molecule has 0 amide bonds. The fourth-order valence-corrected chi connectivity index (χ4v) is 4.18. The largest absolute Gasteiger partial charge is 0.413 e. The molecule has 0 N–H and O–H groups in total. The molecule has 2 rings (SSSR count). The Morgan fingerprint density at radius 3 is 2.30 bits per heavy atom. The third-order valence-corrected chi connectivity index (χ3v) is 9.81. The predicted molar refractivity (Wildman–Crippen MR) is 95.9 cm³/mol. The quantitative estimate of drug-likeness (QED) is 0.564. The fraction of sp³-hybridized carbons (Fsp3) is 0.632. The van der Waals surface area contributed by atoms with E-state index in [1.165, 1.54) is 0 Å². The molecule has 4 heteroatoms. The summed E-state index contributed by atoms with van der Waals surface area (Å²) in [6.07, 6.45) is 2.84. The highest BCUT2D eigenvalue weighted by Crippen LogP contribution is 2.41. The lowest BCUT2D eigenvalue weighted by molar-refractivity contribution is -0.118. The van der Waals surface area contributed by atoms with Crippen LogP contribution in [0.15, 0.2) is 30.3 Å². The minimum Gasteiger partial charge on any atom is -0.413 e. The Labute approximate surface area is 141 Å². The van der Waals surface area contributed by atoms with Gasteiger partial charge in [-0.15, -0.1) is 0 Å². The van der Waals surface area contributed by atoms with Gasteiger partial charge in [-0.25, -0.2) is 0 Å². The van der Waals surface area contributed by atoms with E-state index in [2.05, 4.69) is 46.0 Å². The van der Waals surface area contributed by atoms with Gasteiger partial charge in [0.2, 0.25) is 0 Å². The first-order valence-corrected chi connectivity index (χ1v) is 11.4. The van der Waals surface area contributed by atoms with Crippen LogP contribution in [0.2, 0.25) is 18.1 Å². The zero-order chi connectivity index (χ0) is 17.1. The van der Waals surface area contributed by atoms with E-state index >= 15 is 0 Å². The predicted octanol–water partition coefficient (Wildman–Crippen LogP) is 4.57. The number of aldehydes is 1. The lowest BCUT2D eigenvalue weighted by atomic mass is 10.1. The summed E-state index contributed by atoms with van der Waals surface area (Å²) < 4.78 is 12.5. The maximum absolute atomic E-state index is 11.6. The van der Waals surface area contributed by atoms with E-state index in [0.717, 1.165) is 24.7 Å². The Balaban J connectivity index is 1.96. The minimum atomic E-state index is -1.86. The summed E-state index contributed by atoms with van der Waals surface area (Å²) in [5.74, 6) is -0.146. The maximum atomic E-state index is 11.6. The van der Waals surface area contributed by atoms with Gasteiger partial charge in [-0.05, 0) is 36.5 Å². The van der Waals surface area contributed by atoms with Crippen LogP contribution in [0, 0.1) is 5.92 Å². The van der Waals surface area contributed by atoms with Crippen molar-refractivity contribution in [3.05, 3.63) is 35.9 Å². The van der Waals surface area contributed by atoms with Crippen LogP contribution in [-0.2, 0) is 20.6 Å². The van der Waals surface area contributed by atoms with Crippen LogP contribution in [-0.4, -0.2) is 26.8 Å². The molecule has 128 valence electrons. The maximum Gasteiger partial charge on any atom is 0.192 e. The third kappa shape index (κ3) is 4.52. The van der Waals surface area contributed by atoms with Gasteiger partial charge in [0.05, 0.1) is 24.7 Å². The Hall–Kier alpha value is -0.973. The van der Waals surface area contributed by atoms with E-state index in [4.69, 9.17) is 9.16 Å². The van der Waals surface area contributed by atoms with Crippen molar-refractivity contribution < 1.29 is 14.0 Å². The topological polar surface area (TPSA) is 35.5 Å². The number of carbonyl (C=O) groups excluding carboxylic acids is 1. The normalized spacial score (nSPS) is 25.5. The van der Waals surface area contributed by atoms with Gasteiger partial charge in [0.25, 0.3) is 0 Å². The van der Waals surface area contributed by atoms with Crippen LogP contribution in [0.1, 0.15) is 39.2 Å². The van der Waals surface area contributed by atoms with Gasteiger partial charge in [-0.3, -0.25) is 0 Å². The van der Waals surface area contributed by atoms with E-state index in [1.807, 2.05) is 18.2 Å². The molecule has 0 radical (unpaired) electrons. The van der Waals surface area contributed by atoms with E-state index in [1.54, 1.807) is 0 Å². The molecule has 3 nitrogen and oxygen atoms in total. The molecule has 1 fully saturated rings. The lowest BCUT2D eigenvalue weighted by Crippen LogP contribution is -2.45. The van der Waals surface area contributed by atoms with Crippen molar-refractivity contribution >= 4 is 14.6 Å². The number of rotatable bonds is 6. The SMILES string of the molecule is CC(C)(C)[Si](C)(C)O[C@H]1CC[C@H](OCc2ccccc2)[C@H]1C=O. The van der Waals surface area contributed by atoms with Crippen molar-refractivity contribution in [3.63, 3.8) is 0 Å². The molecule has 3 atom stereocenters. The highest BCUT2D eigenvalue weighted by Gasteiger charge is 2.45. The summed E-state index contributed by atoms with van der Waals surface area (Å²) in [6.45, 7) is 11.7. The van der Waals surface area contributed by atoms with Gasteiger partial charge in [-0.2, -0.15) is 0 Å². The zero-order valence-electron chi connectivity index (χ0n) is 15.0. The van der Waals surface area contributed by atoms with Gasteiger partial charge < -0.3 is 14.0 Å². The molecule has 1 aliphatic rings. The second kappa shape index (κ2) is 7.28. The molecule has 0 spiro atoms. The third-order valence-electron chi connectivity index (χ3n) is 5.31. The molecule has 1 aliphatic carbocycles. The van der Waals surface area contributed by atoms with Gasteiger partial charge >= 0.3 is 0 Å². The molecule has 0 aromatic heterocycles. The molecular formula is C19H30O3Si. The van der Waals surface area contributed by atoms with Gasteiger partial charge in [0.15, 0.2) is 8.32 Å². The summed E-state index contributed by atoms with van der Waals surface area (Å²) in [5.41, 5.74) is 1.14. The van der Waals surface area contributed by atoms with Crippen LogP contribution >= 0.6 is 0 Å². The second-order valence-electron chi connectivity index (χ2n) is 8.04. The summed E-state index contributed by atoms with van der Waals surface area (Å²) in [5, 5.41) is 0.156. The lowest BCUT2D eigenvalue weighted by Gasteiger charge is -2.39. The number of ether oxygens (including phenoxy) is 1. The Morgan fingerprint density at radius 2 is 1.74 bits per heavy atom. The molecule has 1 aromatic carbocycles. The Bertz CT molecular complexity index is 507. The van der Waals surface area contributed by atoms with Gasteiger partial charge in [0, 0.05) is 0 Å². The molecule has 0 unspecified atom stereocenters. The van der Waals surface area contributed by atoms with E-state index in [0.29, 0.717) is 6.61 Å². The van der Waals surface area contributed by atoms with Crippen molar-refractivity contribution in [1.82, 2.24) is 0 Å². The summed E-state index contributed by atoms with van der Waals surface area (Å²) in [7, 11) is -1.86. The molecule has 0 aliphatic heterocycles. The molecule has 0 saturated heterocycles. The minimum absolute atomic E-state index is 0.00849. The molecule has 1 saturated carbocycles. The van der Waals surface area contributed by atoms with Crippen LogP contribution < -0.4 is 0 Å². The van der Waals surface area contributed by atoms with Crippen LogP contribution in [0.25, 0.3) is 0 Å². The first-order valence-electron chi connectivity index (χ1n) is 8.53. The van der Waals surface area contributed by atoms with Crippen LogP contribution in [0.3, 0.4) is 0 Å². The highest BCUT2D eigenvalue weighted by molar-refractivity contribution is 6.74. The smallest absolute Gasteiger partial charge is 0.192 e. The molecular weight excluding hydrogens is 304 g/mol. The van der Waals surface area contributed by atoms with Crippen molar-refractivity contribution in [3.8, 4) is 0 Å². The van der Waals surface area contributed by atoms with Crippen molar-refractivity contribution in [1.29, 1.82) is 0 Å². The standard InChI is InChI=1S/C19H30O3Si/c1-19(2,3)23(4,5)22-18-12-11-17(16(18)13-20)21-14-15-9-7-6-8-10-15/h6-10,13,16-18H,11-12,14H2,1-5H3/t16-,17+,18+/m1/s1. The van der Waals surface area contributed by atoms with Gasteiger partial charge in [-0.1, -0.05) is 51.1 Å². The van der Waals surface area contributed by atoms with E-state index in [9.17, 15) is 4.79 Å². The molecule has 0 bridgehead atoms. The second-order valence-corrected chi connectivity index (χ2v) is 12.8. The summed E-state index contributed by atoms with van der Waals surface area (Å²) >= 11 is 0. The Kier molecular flexibility index (Phi) is 5.82. The Morgan fingerprint density at radius 1 is 1.13 bits per heavy atom. The number of hydrogen-bond acceptors (Lipinski definition) is 3. The monoisotopic (exact) mass is 334 g/mol. The first-order chi connectivity index (χ1) is 10.7. The average molecular weight is 335 g/mol. The van der Waals surface area contributed by atoms with Crippen LogP contribution in [0.4, 0.5) is 0 Å². The molecule has 1 aromatic rings. The van der Waals surface area contributed by atoms with E-state index < -0.39 is 8.32 Å². The average Bonchev–Trinajstić information content (AvgIpc) is 2.86. The molecule has 23 heavy (non-hydrogen) atoms. The number of benzene rings is 1. The summed E-state index contributed by atoms with van der Waals surface area (Å²) in [6, 6.07) is 10.1. The van der Waals surface area contributed by atoms with Crippen molar-refractivity contribution in [2.45, 2.75) is 70.6 Å². The first kappa shape index (κ1) is 18.4. The summed E-state index contributed by atoms with van der Waals surface area (Å²) in [4.78, 5) is 11.6. The van der Waals surface area contributed by atoms with Crippen LogP contribution in [0.5, 0.6) is 0 Å². The number of carbonyl (C=O) groups is 1. The number of hydrogen-bond donors (Lipinski definition) is 0. The zero-order valence-corrected chi connectivity index (χ0v) is 16.0. The van der Waals surface area contributed by atoms with Crippen molar-refractivity contribution in [2.75, 3.05) is 0 Å². The molecule has 0 heterocycles. The van der Waals surface area contributed by atoms with Crippen molar-refractivity contribution in [2.24, 2.45) is 5.92 Å². The van der Waals surface area contributed by atoms with E-state index in [-0.39, 0.29) is 23.2 Å². The van der Waals surface area contributed by atoms with Gasteiger partial charge in [0.1, 0.15) is 6.29 Å². The fourth-order valence-electron chi connectivity index (χ4n) is 2.79.